The van der Waals surface area contributed by atoms with E-state index in [2.05, 4.69) is 48.6 Å². The van der Waals surface area contributed by atoms with E-state index in [0.29, 0.717) is 0 Å². The second-order valence-corrected chi connectivity index (χ2v) is 7.25. The molecule has 1 aromatic rings. The van der Waals surface area contributed by atoms with Crippen molar-refractivity contribution in [2.75, 3.05) is 0 Å². The Morgan fingerprint density at radius 1 is 0.864 bits per heavy atom. The highest BCUT2D eigenvalue weighted by molar-refractivity contribution is 4.66. The number of hydrogen-bond acceptors (Lipinski definition) is 0. The van der Waals surface area contributed by atoms with Gasteiger partial charge < -0.3 is 0 Å². The number of nitrogens with zero attached hydrogens (tertiary/aromatic N) is 2. The average Bonchev–Trinajstić information content (AvgIpc) is 2.94. The van der Waals surface area contributed by atoms with Gasteiger partial charge in [0.05, 0.1) is 13.1 Å². The standard InChI is InChI=1S/C20H39N2/c1-4-5-6-7-8-9-10-12-15-21-17-18-22(19-21)16-13-11-14-20(2)3/h17-20H,4-16H2,1-3H3/q+1. The highest BCUT2D eigenvalue weighted by Gasteiger charge is 2.03. The summed E-state index contributed by atoms with van der Waals surface area (Å²) in [5.41, 5.74) is 0. The molecule has 0 aliphatic rings. The first-order chi connectivity index (χ1) is 10.7. The Labute approximate surface area is 138 Å². The molecule has 0 saturated carbocycles. The lowest BCUT2D eigenvalue weighted by Gasteiger charge is -2.02. The molecule has 0 radical (unpaired) electrons. The monoisotopic (exact) mass is 307 g/mol. The maximum Gasteiger partial charge on any atom is 0.243 e. The smallest absolute Gasteiger partial charge is 0.237 e. The van der Waals surface area contributed by atoms with Crippen molar-refractivity contribution >= 4 is 0 Å². The van der Waals surface area contributed by atoms with Crippen LogP contribution in [-0.4, -0.2) is 4.57 Å². The zero-order valence-corrected chi connectivity index (χ0v) is 15.4. The number of aromatic nitrogens is 2. The Morgan fingerprint density at radius 2 is 1.55 bits per heavy atom. The number of rotatable bonds is 14. The highest BCUT2D eigenvalue weighted by Crippen LogP contribution is 2.09. The summed E-state index contributed by atoms with van der Waals surface area (Å²) >= 11 is 0. The summed E-state index contributed by atoms with van der Waals surface area (Å²) in [6.07, 6.45) is 22.0. The largest absolute Gasteiger partial charge is 0.243 e. The van der Waals surface area contributed by atoms with E-state index < -0.39 is 0 Å². The first-order valence-corrected chi connectivity index (χ1v) is 9.77. The molecule has 2 heteroatoms. The van der Waals surface area contributed by atoms with Crippen LogP contribution in [0.2, 0.25) is 0 Å². The van der Waals surface area contributed by atoms with Crippen molar-refractivity contribution in [2.45, 2.75) is 104 Å². The first kappa shape index (κ1) is 19.3. The summed E-state index contributed by atoms with van der Waals surface area (Å²) in [7, 11) is 0. The Hall–Kier alpha value is -0.790. The lowest BCUT2D eigenvalue weighted by Crippen LogP contribution is -2.30. The van der Waals surface area contributed by atoms with Gasteiger partial charge in [0.15, 0.2) is 0 Å². The third-order valence-corrected chi connectivity index (χ3v) is 4.46. The quantitative estimate of drug-likeness (QED) is 0.306. The van der Waals surface area contributed by atoms with Crippen molar-refractivity contribution in [2.24, 2.45) is 5.92 Å². The van der Waals surface area contributed by atoms with Gasteiger partial charge in [0.25, 0.3) is 0 Å². The van der Waals surface area contributed by atoms with Crippen molar-refractivity contribution in [3.05, 3.63) is 18.7 Å². The molecule has 128 valence electrons. The van der Waals surface area contributed by atoms with Crippen molar-refractivity contribution in [3.8, 4) is 0 Å². The van der Waals surface area contributed by atoms with Crippen LogP contribution in [0.4, 0.5) is 0 Å². The third-order valence-electron chi connectivity index (χ3n) is 4.46. The van der Waals surface area contributed by atoms with E-state index in [1.54, 1.807) is 0 Å². The molecule has 0 atom stereocenters. The van der Waals surface area contributed by atoms with Gasteiger partial charge in [-0.05, 0) is 31.6 Å². The van der Waals surface area contributed by atoms with Crippen LogP contribution in [0.15, 0.2) is 18.7 Å². The molecule has 0 spiro atoms. The SMILES string of the molecule is CCCCCCCCCC[n+]1ccn(CCCCC(C)C)c1. The van der Waals surface area contributed by atoms with Crippen LogP contribution in [-0.2, 0) is 13.1 Å². The third kappa shape index (κ3) is 10.0. The molecule has 0 bridgehead atoms. The van der Waals surface area contributed by atoms with Crippen molar-refractivity contribution in [3.63, 3.8) is 0 Å². The second-order valence-electron chi connectivity index (χ2n) is 7.25. The minimum Gasteiger partial charge on any atom is -0.237 e. The van der Waals surface area contributed by atoms with Gasteiger partial charge in [0.1, 0.15) is 12.4 Å². The fraction of sp³-hybridized carbons (Fsp3) is 0.850. The molecule has 0 aliphatic carbocycles. The van der Waals surface area contributed by atoms with Crippen LogP contribution >= 0.6 is 0 Å². The van der Waals surface area contributed by atoms with Crippen LogP contribution in [0.25, 0.3) is 0 Å². The molecule has 0 aliphatic heterocycles. The van der Waals surface area contributed by atoms with E-state index in [-0.39, 0.29) is 0 Å². The maximum atomic E-state index is 2.36. The number of unbranched alkanes of at least 4 members (excludes halogenated alkanes) is 8. The van der Waals surface area contributed by atoms with Gasteiger partial charge in [-0.15, -0.1) is 0 Å². The second kappa shape index (κ2) is 12.7. The van der Waals surface area contributed by atoms with E-state index in [0.717, 1.165) is 5.92 Å². The molecule has 1 heterocycles. The molecule has 1 rings (SSSR count). The molecule has 0 saturated heterocycles. The van der Waals surface area contributed by atoms with Crippen LogP contribution in [0.1, 0.15) is 91.4 Å². The van der Waals surface area contributed by atoms with Crippen molar-refractivity contribution in [1.29, 1.82) is 0 Å². The average molecular weight is 308 g/mol. The molecule has 0 fully saturated rings. The molecule has 0 unspecified atom stereocenters. The van der Waals surface area contributed by atoms with E-state index in [9.17, 15) is 0 Å². The normalized spacial score (nSPS) is 11.5. The summed E-state index contributed by atoms with van der Waals surface area (Å²) in [4.78, 5) is 0. The van der Waals surface area contributed by atoms with E-state index in [1.165, 1.54) is 83.7 Å². The molecular weight excluding hydrogens is 268 g/mol. The van der Waals surface area contributed by atoms with Crippen LogP contribution < -0.4 is 4.57 Å². The topological polar surface area (TPSA) is 8.81 Å². The minimum atomic E-state index is 0.844. The van der Waals surface area contributed by atoms with Crippen molar-refractivity contribution in [1.82, 2.24) is 4.57 Å². The van der Waals surface area contributed by atoms with Gasteiger partial charge in [0.2, 0.25) is 6.33 Å². The Bertz CT molecular complexity index is 354. The van der Waals surface area contributed by atoms with Crippen molar-refractivity contribution < 1.29 is 4.57 Å². The molecule has 1 aromatic heterocycles. The fourth-order valence-electron chi connectivity index (χ4n) is 2.98. The lowest BCUT2D eigenvalue weighted by atomic mass is 10.1. The van der Waals surface area contributed by atoms with Gasteiger partial charge in [-0.25, -0.2) is 9.13 Å². The summed E-state index contributed by atoms with van der Waals surface area (Å²) in [5, 5.41) is 0. The van der Waals surface area contributed by atoms with E-state index in [1.807, 2.05) is 0 Å². The van der Waals surface area contributed by atoms with Gasteiger partial charge in [0, 0.05) is 0 Å². The summed E-state index contributed by atoms with van der Waals surface area (Å²) in [6.45, 7) is 9.28. The molecule has 0 amide bonds. The number of aryl methyl sites for hydroxylation is 2. The number of imidazole rings is 1. The molecule has 22 heavy (non-hydrogen) atoms. The molecule has 2 nitrogen and oxygen atoms in total. The van der Waals surface area contributed by atoms with Crippen LogP contribution in [0.3, 0.4) is 0 Å². The highest BCUT2D eigenvalue weighted by atomic mass is 15.1. The fourth-order valence-corrected chi connectivity index (χ4v) is 2.98. The van der Waals surface area contributed by atoms with Crippen LogP contribution in [0, 0.1) is 5.92 Å². The van der Waals surface area contributed by atoms with Gasteiger partial charge >= 0.3 is 0 Å². The van der Waals surface area contributed by atoms with Gasteiger partial charge in [-0.3, -0.25) is 0 Å². The Balaban J connectivity index is 2.00. The summed E-state index contributed by atoms with van der Waals surface area (Å²) in [5.74, 6) is 0.844. The van der Waals surface area contributed by atoms with E-state index in [4.69, 9.17) is 0 Å². The summed E-state index contributed by atoms with van der Waals surface area (Å²) < 4.78 is 4.71. The Morgan fingerprint density at radius 3 is 2.23 bits per heavy atom. The lowest BCUT2D eigenvalue weighted by molar-refractivity contribution is -0.696. The summed E-state index contributed by atoms with van der Waals surface area (Å²) in [6, 6.07) is 0. The molecule has 0 N–H and O–H groups in total. The Kier molecular flexibility index (Phi) is 11.1. The zero-order valence-electron chi connectivity index (χ0n) is 15.4. The van der Waals surface area contributed by atoms with Gasteiger partial charge in [-0.1, -0.05) is 65.7 Å². The maximum absolute atomic E-state index is 2.36. The van der Waals surface area contributed by atoms with E-state index >= 15 is 0 Å². The van der Waals surface area contributed by atoms with Gasteiger partial charge in [-0.2, -0.15) is 0 Å². The minimum absolute atomic E-state index is 0.844. The predicted octanol–water partition coefficient (Wildman–Crippen LogP) is 5.74. The zero-order chi connectivity index (χ0) is 16.0. The molecular formula is C20H39N2+. The van der Waals surface area contributed by atoms with Crippen LogP contribution in [0.5, 0.6) is 0 Å². The number of hydrogen-bond donors (Lipinski definition) is 0. The predicted molar refractivity (Wildman–Crippen MR) is 95.9 cm³/mol. The molecule has 0 aromatic carbocycles. The first-order valence-electron chi connectivity index (χ1n) is 9.77.